The van der Waals surface area contributed by atoms with E-state index in [1.165, 1.54) is 44.4 Å². The molecule has 3 aromatic carbocycles. The van der Waals surface area contributed by atoms with Crippen LogP contribution in [0.2, 0.25) is 10.0 Å². The Morgan fingerprint density at radius 3 is 2.38 bits per heavy atom. The fraction of sp³-hybridized carbons (Fsp3) is 0.0800. The van der Waals surface area contributed by atoms with Crippen LogP contribution in [-0.2, 0) is 0 Å². The van der Waals surface area contributed by atoms with Crippen LogP contribution in [0.5, 0.6) is 17.2 Å². The van der Waals surface area contributed by atoms with Crippen LogP contribution in [0.4, 0.5) is 0 Å². The molecule has 1 heterocycles. The Kier molecular flexibility index (Phi) is 6.32. The molecule has 7 nitrogen and oxygen atoms in total. The van der Waals surface area contributed by atoms with Gasteiger partial charge in [-0.2, -0.15) is 0 Å². The number of phenolic OH excluding ortho intramolecular Hbond substituents is 1. The quantitative estimate of drug-likeness (QED) is 0.269. The molecule has 0 aliphatic rings. The van der Waals surface area contributed by atoms with Crippen LogP contribution in [-0.4, -0.2) is 24.0 Å². The van der Waals surface area contributed by atoms with Gasteiger partial charge < -0.3 is 19.0 Å². The summed E-state index contributed by atoms with van der Waals surface area (Å²) in [7, 11) is 1.25. The van der Waals surface area contributed by atoms with E-state index >= 15 is 0 Å². The lowest BCUT2D eigenvalue weighted by atomic mass is 10.0. The number of methoxy groups -OCH3 is 1. The SMILES string of the molecule is COc1c(O)ccc(C(=O)Oc2c(-c3ccc(Cl)c(Cl)c3)oc3ccccc3c2=O)c1C(C)=O. The lowest BCUT2D eigenvalue weighted by Crippen LogP contribution is -2.19. The molecule has 0 aliphatic heterocycles. The van der Waals surface area contributed by atoms with Crippen LogP contribution < -0.4 is 14.9 Å². The van der Waals surface area contributed by atoms with Crippen molar-refractivity contribution < 1.29 is 28.6 Å². The average molecular weight is 499 g/mol. The van der Waals surface area contributed by atoms with Gasteiger partial charge in [-0.1, -0.05) is 35.3 Å². The van der Waals surface area contributed by atoms with Gasteiger partial charge in [-0.25, -0.2) is 4.79 Å². The van der Waals surface area contributed by atoms with Gasteiger partial charge in [0, 0.05) is 5.56 Å². The zero-order valence-corrected chi connectivity index (χ0v) is 19.4. The molecule has 1 N–H and O–H groups in total. The number of hydrogen-bond donors (Lipinski definition) is 1. The van der Waals surface area contributed by atoms with Crippen molar-refractivity contribution in [2.45, 2.75) is 6.92 Å². The van der Waals surface area contributed by atoms with Crippen LogP contribution in [0.25, 0.3) is 22.3 Å². The molecule has 0 spiro atoms. The summed E-state index contributed by atoms with van der Waals surface area (Å²) in [6.07, 6.45) is 0. The Morgan fingerprint density at radius 1 is 0.971 bits per heavy atom. The summed E-state index contributed by atoms with van der Waals surface area (Å²) in [5.41, 5.74) is -0.380. The van der Waals surface area contributed by atoms with Crippen LogP contribution in [0.15, 0.2) is 63.8 Å². The second-order valence-corrected chi connectivity index (χ2v) is 8.02. The number of benzene rings is 3. The van der Waals surface area contributed by atoms with Crippen LogP contribution in [0, 0.1) is 0 Å². The molecule has 0 atom stereocenters. The van der Waals surface area contributed by atoms with Gasteiger partial charge in [0.1, 0.15) is 5.58 Å². The first kappa shape index (κ1) is 23.4. The van der Waals surface area contributed by atoms with Crippen molar-refractivity contribution in [2.24, 2.45) is 0 Å². The Hall–Kier alpha value is -3.81. The molecule has 1 aromatic heterocycles. The van der Waals surface area contributed by atoms with E-state index in [1.54, 1.807) is 24.3 Å². The first-order valence-electron chi connectivity index (χ1n) is 9.87. The van der Waals surface area contributed by atoms with E-state index in [4.69, 9.17) is 37.1 Å². The van der Waals surface area contributed by atoms with Gasteiger partial charge >= 0.3 is 5.97 Å². The number of esters is 1. The molecule has 4 rings (SSSR count). The smallest absolute Gasteiger partial charge is 0.344 e. The van der Waals surface area contributed by atoms with Crippen molar-refractivity contribution in [3.05, 3.63) is 86.0 Å². The maximum atomic E-state index is 13.3. The van der Waals surface area contributed by atoms with Crippen LogP contribution in [0.3, 0.4) is 0 Å². The third kappa shape index (κ3) is 4.11. The zero-order chi connectivity index (χ0) is 24.6. The van der Waals surface area contributed by atoms with Crippen molar-refractivity contribution in [1.82, 2.24) is 0 Å². The summed E-state index contributed by atoms with van der Waals surface area (Å²) in [5, 5.41) is 10.7. The van der Waals surface area contributed by atoms with Gasteiger partial charge in [0.05, 0.1) is 33.7 Å². The van der Waals surface area contributed by atoms with E-state index < -0.39 is 22.9 Å². The summed E-state index contributed by atoms with van der Waals surface area (Å²) in [6, 6.07) is 13.4. The van der Waals surface area contributed by atoms with Crippen molar-refractivity contribution in [3.63, 3.8) is 0 Å². The molecule has 4 aromatic rings. The number of ether oxygens (including phenoxy) is 2. The van der Waals surface area contributed by atoms with Gasteiger partial charge in [-0.15, -0.1) is 0 Å². The summed E-state index contributed by atoms with van der Waals surface area (Å²) in [6.45, 7) is 1.21. The molecule has 0 fully saturated rings. The molecule has 172 valence electrons. The largest absolute Gasteiger partial charge is 0.504 e. The molecule has 9 heteroatoms. The van der Waals surface area contributed by atoms with Crippen LogP contribution >= 0.6 is 23.2 Å². The number of rotatable bonds is 5. The monoisotopic (exact) mass is 498 g/mol. The van der Waals surface area contributed by atoms with Crippen molar-refractivity contribution in [1.29, 1.82) is 0 Å². The van der Waals surface area contributed by atoms with Crippen LogP contribution in [0.1, 0.15) is 27.6 Å². The first-order chi connectivity index (χ1) is 16.2. The number of fused-ring (bicyclic) bond motifs is 1. The number of ketones is 1. The third-order valence-electron chi connectivity index (χ3n) is 5.05. The maximum Gasteiger partial charge on any atom is 0.344 e. The first-order valence-corrected chi connectivity index (χ1v) is 10.6. The van der Waals surface area contributed by atoms with Gasteiger partial charge in [0.2, 0.25) is 11.2 Å². The second-order valence-electron chi connectivity index (χ2n) is 7.20. The molecule has 34 heavy (non-hydrogen) atoms. The number of hydrogen-bond acceptors (Lipinski definition) is 7. The van der Waals surface area contributed by atoms with Crippen molar-refractivity contribution in [3.8, 4) is 28.6 Å². The summed E-state index contributed by atoms with van der Waals surface area (Å²) in [4.78, 5) is 38.7. The Balaban J connectivity index is 1.92. The topological polar surface area (TPSA) is 103 Å². The Labute approximate surface area is 203 Å². The summed E-state index contributed by atoms with van der Waals surface area (Å²) >= 11 is 12.2. The molecule has 0 unspecified atom stereocenters. The number of carbonyl (C=O) groups is 2. The number of para-hydroxylation sites is 1. The summed E-state index contributed by atoms with van der Waals surface area (Å²) < 4.78 is 16.5. The highest BCUT2D eigenvalue weighted by molar-refractivity contribution is 6.42. The highest BCUT2D eigenvalue weighted by Crippen LogP contribution is 2.36. The minimum atomic E-state index is -1.02. The van der Waals surface area contributed by atoms with Gasteiger partial charge in [0.15, 0.2) is 23.0 Å². The lowest BCUT2D eigenvalue weighted by molar-refractivity contribution is 0.0726. The van der Waals surface area contributed by atoms with Gasteiger partial charge in [0.25, 0.3) is 0 Å². The number of carbonyl (C=O) groups excluding carboxylic acids is 2. The predicted octanol–water partition coefficient (Wildman–Crippen LogP) is 5.90. The third-order valence-corrected chi connectivity index (χ3v) is 5.78. The molecular formula is C25H16Cl2O7. The fourth-order valence-electron chi connectivity index (χ4n) is 3.49. The minimum Gasteiger partial charge on any atom is -0.504 e. The minimum absolute atomic E-state index is 0.0502. The number of aromatic hydroxyl groups is 1. The lowest BCUT2D eigenvalue weighted by Gasteiger charge is -2.14. The molecule has 0 saturated carbocycles. The number of Topliss-reactive ketones (excluding diaryl/α,β-unsaturated/α-hetero) is 1. The van der Waals surface area contributed by atoms with Gasteiger partial charge in [-0.3, -0.25) is 9.59 Å². The highest BCUT2D eigenvalue weighted by Gasteiger charge is 2.27. The molecular weight excluding hydrogens is 483 g/mol. The normalized spacial score (nSPS) is 10.8. The highest BCUT2D eigenvalue weighted by atomic mass is 35.5. The molecule has 0 amide bonds. The van der Waals surface area contributed by atoms with Crippen molar-refractivity contribution in [2.75, 3.05) is 7.11 Å². The standard InChI is InChI=1S/C25H16Cl2O7/c1-12(28)20-15(8-10-18(29)23(20)32-2)25(31)34-24-21(30)14-5-3-4-6-19(14)33-22(24)13-7-9-16(26)17(27)11-13/h3-11,29H,1-2H3. The predicted molar refractivity (Wildman–Crippen MR) is 128 cm³/mol. The zero-order valence-electron chi connectivity index (χ0n) is 17.8. The van der Waals surface area contributed by atoms with E-state index in [0.717, 1.165) is 0 Å². The fourth-order valence-corrected chi connectivity index (χ4v) is 3.79. The van der Waals surface area contributed by atoms with E-state index in [9.17, 15) is 19.5 Å². The van der Waals surface area contributed by atoms with E-state index in [-0.39, 0.29) is 49.4 Å². The molecule has 0 bridgehead atoms. The second kappa shape index (κ2) is 9.21. The van der Waals surface area contributed by atoms with Crippen molar-refractivity contribution >= 4 is 45.9 Å². The van der Waals surface area contributed by atoms with E-state index in [1.807, 2.05) is 0 Å². The van der Waals surface area contributed by atoms with Gasteiger partial charge in [-0.05, 0) is 49.4 Å². The Bertz CT molecular complexity index is 1520. The number of halogens is 2. The summed E-state index contributed by atoms with van der Waals surface area (Å²) in [5.74, 6) is -2.53. The molecule has 0 aliphatic carbocycles. The van der Waals surface area contributed by atoms with E-state index in [2.05, 4.69) is 0 Å². The molecule has 0 saturated heterocycles. The number of phenols is 1. The van der Waals surface area contributed by atoms with E-state index in [0.29, 0.717) is 5.56 Å². The molecule has 0 radical (unpaired) electrons. The average Bonchev–Trinajstić information content (AvgIpc) is 2.82. The maximum absolute atomic E-state index is 13.3. The Morgan fingerprint density at radius 2 is 1.71 bits per heavy atom.